The van der Waals surface area contributed by atoms with Gasteiger partial charge in [-0.2, -0.15) is 0 Å². The molecule has 8 nitrogen and oxygen atoms in total. The van der Waals surface area contributed by atoms with Crippen LogP contribution < -0.4 is 20.5 Å². The molecule has 3 N–H and O–H groups in total. The number of amides is 2. The molecule has 2 heterocycles. The first-order chi connectivity index (χ1) is 13.5. The molecule has 28 heavy (non-hydrogen) atoms. The van der Waals surface area contributed by atoms with Crippen LogP contribution in [0.4, 0.5) is 0 Å². The summed E-state index contributed by atoms with van der Waals surface area (Å²) in [5.41, 5.74) is 6.49. The van der Waals surface area contributed by atoms with Crippen molar-refractivity contribution in [2.45, 2.75) is 24.4 Å². The van der Waals surface area contributed by atoms with Gasteiger partial charge in [-0.1, -0.05) is 0 Å². The fraction of sp³-hybridized carbons (Fsp3) is 0.474. The Bertz CT molecular complexity index is 785. The SMILES string of the molecule is COc1ccc(C2=CC(=O)NC(S)N2CC2CCCN2C(=O)CN)c(OC)c1. The van der Waals surface area contributed by atoms with Crippen molar-refractivity contribution in [2.75, 3.05) is 33.9 Å². The van der Waals surface area contributed by atoms with E-state index in [1.807, 2.05) is 21.9 Å². The highest BCUT2D eigenvalue weighted by atomic mass is 32.1. The maximum atomic E-state index is 12.2. The average molecular weight is 407 g/mol. The summed E-state index contributed by atoms with van der Waals surface area (Å²) in [7, 11) is 3.16. The first-order valence-electron chi connectivity index (χ1n) is 9.17. The third kappa shape index (κ3) is 4.05. The van der Waals surface area contributed by atoms with Gasteiger partial charge in [-0.05, 0) is 25.0 Å². The van der Waals surface area contributed by atoms with Crippen LogP contribution >= 0.6 is 12.6 Å². The van der Waals surface area contributed by atoms with E-state index >= 15 is 0 Å². The third-order valence-corrected chi connectivity index (χ3v) is 5.52. The van der Waals surface area contributed by atoms with Crippen molar-refractivity contribution in [1.29, 1.82) is 0 Å². The zero-order chi connectivity index (χ0) is 20.3. The van der Waals surface area contributed by atoms with E-state index in [9.17, 15) is 9.59 Å². The second-order valence-corrected chi connectivity index (χ2v) is 7.21. The van der Waals surface area contributed by atoms with Gasteiger partial charge in [0, 0.05) is 36.8 Å². The standard InChI is InChI=1S/C19H26N4O4S/c1-26-13-5-6-14(16(8-13)27-2)15-9-17(24)21-19(28)23(15)11-12-4-3-7-22(12)18(25)10-20/h5-6,8-9,12,19,28H,3-4,7,10-11,20H2,1-2H3,(H,21,24). The third-order valence-electron chi connectivity index (χ3n) is 5.11. The quantitative estimate of drug-likeness (QED) is 0.600. The van der Waals surface area contributed by atoms with E-state index in [0.29, 0.717) is 30.3 Å². The minimum atomic E-state index is -0.519. The monoisotopic (exact) mass is 406 g/mol. The number of nitrogens with one attached hydrogen (secondary N) is 1. The molecule has 1 aromatic carbocycles. The largest absolute Gasteiger partial charge is 0.497 e. The molecule has 0 aliphatic carbocycles. The molecule has 0 spiro atoms. The maximum Gasteiger partial charge on any atom is 0.248 e. The Balaban J connectivity index is 1.94. The lowest BCUT2D eigenvalue weighted by Crippen LogP contribution is -2.52. The van der Waals surface area contributed by atoms with Crippen LogP contribution in [0.25, 0.3) is 5.70 Å². The van der Waals surface area contributed by atoms with Crippen molar-refractivity contribution in [3.05, 3.63) is 29.8 Å². The van der Waals surface area contributed by atoms with Crippen molar-refractivity contribution < 1.29 is 19.1 Å². The minimum Gasteiger partial charge on any atom is -0.497 e. The topological polar surface area (TPSA) is 97.1 Å². The lowest BCUT2D eigenvalue weighted by molar-refractivity contribution is -0.130. The lowest BCUT2D eigenvalue weighted by atomic mass is 10.1. The maximum absolute atomic E-state index is 12.2. The van der Waals surface area contributed by atoms with Gasteiger partial charge in [0.2, 0.25) is 11.8 Å². The Morgan fingerprint density at radius 2 is 2.14 bits per heavy atom. The van der Waals surface area contributed by atoms with Crippen LogP contribution in [0.5, 0.6) is 11.5 Å². The Morgan fingerprint density at radius 1 is 1.36 bits per heavy atom. The zero-order valence-corrected chi connectivity index (χ0v) is 16.9. The van der Waals surface area contributed by atoms with Gasteiger partial charge >= 0.3 is 0 Å². The van der Waals surface area contributed by atoms with Crippen LogP contribution in [0, 0.1) is 0 Å². The molecule has 2 aliphatic rings. The van der Waals surface area contributed by atoms with Crippen molar-refractivity contribution in [2.24, 2.45) is 5.73 Å². The molecule has 0 bridgehead atoms. The number of carbonyl (C=O) groups is 2. The van der Waals surface area contributed by atoms with E-state index in [4.69, 9.17) is 15.2 Å². The molecule has 0 radical (unpaired) electrons. The first-order valence-corrected chi connectivity index (χ1v) is 9.69. The molecular weight excluding hydrogens is 380 g/mol. The minimum absolute atomic E-state index is 0.00740. The smallest absolute Gasteiger partial charge is 0.248 e. The highest BCUT2D eigenvalue weighted by Crippen LogP contribution is 2.35. The van der Waals surface area contributed by atoms with Gasteiger partial charge in [0.15, 0.2) is 0 Å². The summed E-state index contributed by atoms with van der Waals surface area (Å²) < 4.78 is 10.8. The number of likely N-dealkylation sites (tertiary alicyclic amines) is 1. The number of benzene rings is 1. The van der Waals surface area contributed by atoms with Crippen LogP contribution in [0.15, 0.2) is 24.3 Å². The van der Waals surface area contributed by atoms with E-state index in [1.165, 1.54) is 6.08 Å². The van der Waals surface area contributed by atoms with E-state index in [0.717, 1.165) is 18.4 Å². The second-order valence-electron chi connectivity index (χ2n) is 6.72. The zero-order valence-electron chi connectivity index (χ0n) is 16.1. The van der Waals surface area contributed by atoms with Gasteiger partial charge in [-0.25, -0.2) is 0 Å². The fourth-order valence-electron chi connectivity index (χ4n) is 3.72. The van der Waals surface area contributed by atoms with Gasteiger partial charge in [-0.3, -0.25) is 9.59 Å². The van der Waals surface area contributed by atoms with Crippen molar-refractivity contribution in [3.63, 3.8) is 0 Å². The number of hydrogen-bond donors (Lipinski definition) is 3. The summed E-state index contributed by atoms with van der Waals surface area (Å²) >= 11 is 4.56. The number of methoxy groups -OCH3 is 2. The normalized spacial score (nSPS) is 22.0. The predicted molar refractivity (Wildman–Crippen MR) is 109 cm³/mol. The molecule has 0 aromatic heterocycles. The van der Waals surface area contributed by atoms with E-state index in [2.05, 4.69) is 17.9 Å². The Morgan fingerprint density at radius 3 is 2.82 bits per heavy atom. The molecule has 3 rings (SSSR count). The summed E-state index contributed by atoms with van der Waals surface area (Å²) in [5.74, 6) is 0.954. The van der Waals surface area contributed by atoms with Crippen molar-refractivity contribution in [3.8, 4) is 11.5 Å². The number of ether oxygens (including phenoxy) is 2. The highest BCUT2D eigenvalue weighted by molar-refractivity contribution is 7.80. The number of hydrogen-bond acceptors (Lipinski definition) is 7. The van der Waals surface area contributed by atoms with Gasteiger partial charge in [0.25, 0.3) is 0 Å². The van der Waals surface area contributed by atoms with Crippen LogP contribution in [0.2, 0.25) is 0 Å². The first kappa shape index (κ1) is 20.3. The van der Waals surface area contributed by atoms with Gasteiger partial charge in [0.1, 0.15) is 17.0 Å². The second kappa shape index (κ2) is 8.74. The molecule has 1 fully saturated rings. The molecule has 2 amide bonds. The Kier molecular flexibility index (Phi) is 6.35. The van der Waals surface area contributed by atoms with Gasteiger partial charge < -0.3 is 30.3 Å². The summed E-state index contributed by atoms with van der Waals surface area (Å²) in [6.07, 6.45) is 3.34. The summed E-state index contributed by atoms with van der Waals surface area (Å²) in [4.78, 5) is 28.1. The molecule has 2 aliphatic heterocycles. The number of nitrogens with zero attached hydrogens (tertiary/aromatic N) is 2. The van der Waals surface area contributed by atoms with Crippen LogP contribution in [0.1, 0.15) is 18.4 Å². The number of thiol groups is 1. The molecular formula is C19H26N4O4S. The summed E-state index contributed by atoms with van der Waals surface area (Å²) in [5, 5.41) is 2.80. The molecule has 152 valence electrons. The van der Waals surface area contributed by atoms with E-state index in [-0.39, 0.29) is 24.4 Å². The number of nitrogens with two attached hydrogens (primary N) is 1. The summed E-state index contributed by atoms with van der Waals surface area (Å²) in [6.45, 7) is 1.22. The Labute approximate surface area is 170 Å². The lowest BCUT2D eigenvalue weighted by Gasteiger charge is -2.39. The molecule has 0 saturated carbocycles. The van der Waals surface area contributed by atoms with E-state index < -0.39 is 5.50 Å². The Hall–Kier alpha value is -2.39. The summed E-state index contributed by atoms with van der Waals surface area (Å²) in [6, 6.07) is 5.45. The van der Waals surface area contributed by atoms with Crippen LogP contribution in [-0.2, 0) is 9.59 Å². The predicted octanol–water partition coefficient (Wildman–Crippen LogP) is 0.640. The highest BCUT2D eigenvalue weighted by Gasteiger charge is 2.34. The van der Waals surface area contributed by atoms with Crippen molar-refractivity contribution in [1.82, 2.24) is 15.1 Å². The average Bonchev–Trinajstić information content (AvgIpc) is 3.17. The molecule has 9 heteroatoms. The number of carbonyl (C=O) groups excluding carboxylic acids is 2. The van der Waals surface area contributed by atoms with Crippen LogP contribution in [-0.4, -0.2) is 67.0 Å². The van der Waals surface area contributed by atoms with Gasteiger partial charge in [0.05, 0.1) is 26.5 Å². The van der Waals surface area contributed by atoms with Crippen molar-refractivity contribution >= 4 is 30.1 Å². The molecule has 1 aromatic rings. The fourth-order valence-corrected chi connectivity index (χ4v) is 4.07. The molecule has 2 atom stereocenters. The molecule has 2 unspecified atom stereocenters. The number of rotatable bonds is 6. The van der Waals surface area contributed by atoms with Crippen LogP contribution in [0.3, 0.4) is 0 Å². The van der Waals surface area contributed by atoms with E-state index in [1.54, 1.807) is 20.3 Å². The molecule has 1 saturated heterocycles. The van der Waals surface area contributed by atoms with Gasteiger partial charge in [-0.15, -0.1) is 12.6 Å².